The topological polar surface area (TPSA) is 264 Å². The minimum absolute atomic E-state index is 0.00559. The van der Waals surface area contributed by atoms with Crippen molar-refractivity contribution in [3.8, 4) is 10.4 Å². The van der Waals surface area contributed by atoms with Gasteiger partial charge in [0.1, 0.15) is 24.7 Å². The van der Waals surface area contributed by atoms with E-state index in [4.69, 9.17) is 14.2 Å². The van der Waals surface area contributed by atoms with Gasteiger partial charge in [0, 0.05) is 55.2 Å². The van der Waals surface area contributed by atoms with Crippen LogP contribution in [0.2, 0.25) is 0 Å². The summed E-state index contributed by atoms with van der Waals surface area (Å²) in [6.45, 7) is 6.70. The van der Waals surface area contributed by atoms with Crippen LogP contribution in [0.25, 0.3) is 10.4 Å². The molecule has 8 amide bonds. The number of halogens is 1. The minimum atomic E-state index is -2.05. The molecule has 0 radical (unpaired) electrons. The average Bonchev–Trinajstić information content (AvgIpc) is 3.61. The third-order valence-electron chi connectivity index (χ3n) is 12.5. The van der Waals surface area contributed by atoms with Gasteiger partial charge in [-0.25, -0.2) is 9.37 Å². The number of thioether (sulfide) groups is 1. The average molecular weight is 1020 g/mol. The number of likely N-dealkylation sites (tertiary alicyclic amines) is 1. The van der Waals surface area contributed by atoms with Crippen LogP contribution < -0.4 is 26.6 Å². The molecule has 20 nitrogen and oxygen atoms in total. The molecule has 2 saturated heterocycles. The molecule has 71 heavy (non-hydrogen) atoms. The van der Waals surface area contributed by atoms with Crippen LogP contribution in [0.15, 0.2) is 48.0 Å². The van der Waals surface area contributed by atoms with Gasteiger partial charge >= 0.3 is 0 Å². The summed E-state index contributed by atoms with van der Waals surface area (Å²) < 4.78 is 30.7. The van der Waals surface area contributed by atoms with E-state index in [0.717, 1.165) is 26.6 Å². The third-order valence-corrected chi connectivity index (χ3v) is 14.8. The van der Waals surface area contributed by atoms with Gasteiger partial charge in [-0.1, -0.05) is 30.3 Å². The molecule has 1 saturated carbocycles. The Labute approximate surface area is 417 Å². The maximum Gasteiger partial charge on any atom is 0.264 e. The maximum atomic E-state index is 15.0. The first-order chi connectivity index (χ1) is 34.0. The molecule has 7 rings (SSSR count). The first kappa shape index (κ1) is 53.0. The number of hydrogen-bond acceptors (Lipinski definition) is 16. The quantitative estimate of drug-likeness (QED) is 0.0523. The molecule has 1 aliphatic carbocycles. The van der Waals surface area contributed by atoms with E-state index in [9.17, 15) is 47.9 Å². The number of aryl methyl sites for hydroxylation is 1. The van der Waals surface area contributed by atoms with E-state index in [0.29, 0.717) is 11.4 Å². The Hall–Kier alpha value is -5.85. The number of piperidine rings is 1. The molecule has 4 atom stereocenters. The van der Waals surface area contributed by atoms with Crippen molar-refractivity contribution in [1.82, 2.24) is 36.1 Å². The lowest BCUT2D eigenvalue weighted by Crippen LogP contribution is -2.61. The largest absolute Gasteiger partial charge is 0.391 e. The van der Waals surface area contributed by atoms with E-state index in [2.05, 4.69) is 31.6 Å². The normalized spacial score (nSPS) is 19.8. The number of alkyl halides is 1. The molecular weight excluding hydrogens is 964 g/mol. The summed E-state index contributed by atoms with van der Waals surface area (Å²) in [7, 11) is 0. The summed E-state index contributed by atoms with van der Waals surface area (Å²) in [5.74, 6) is -4.34. The summed E-state index contributed by atoms with van der Waals surface area (Å²) in [4.78, 5) is 111. The predicted octanol–water partition coefficient (Wildman–Crippen LogP) is 1.87. The minimum Gasteiger partial charge on any atom is -0.391 e. The number of thiazole rings is 1. The lowest BCUT2D eigenvalue weighted by atomic mass is 10.00. The Morgan fingerprint density at radius 3 is 2.38 bits per heavy atom. The smallest absolute Gasteiger partial charge is 0.264 e. The fraction of sp³-hybridized carbons (Fsp3) is 0.521. The van der Waals surface area contributed by atoms with Gasteiger partial charge in [-0.2, -0.15) is 11.8 Å². The van der Waals surface area contributed by atoms with Gasteiger partial charge < -0.3 is 45.5 Å². The Kier molecular flexibility index (Phi) is 17.6. The fourth-order valence-corrected chi connectivity index (χ4v) is 10.3. The summed E-state index contributed by atoms with van der Waals surface area (Å²) in [5, 5.41) is 24.1. The number of aliphatic hydroxyl groups excluding tert-OH is 1. The van der Waals surface area contributed by atoms with Gasteiger partial charge in [-0.15, -0.1) is 11.3 Å². The Bertz CT molecular complexity index is 2490. The third kappa shape index (κ3) is 13.2. The van der Waals surface area contributed by atoms with E-state index in [1.165, 1.54) is 22.7 Å². The molecule has 3 aromatic rings. The molecule has 3 fully saturated rings. The van der Waals surface area contributed by atoms with E-state index in [1.807, 2.05) is 31.2 Å². The predicted molar refractivity (Wildman–Crippen MR) is 259 cm³/mol. The Morgan fingerprint density at radius 2 is 1.69 bits per heavy atom. The number of nitrogens with one attached hydrogen (secondary N) is 5. The molecule has 3 aliphatic heterocycles. The van der Waals surface area contributed by atoms with E-state index in [1.54, 1.807) is 42.8 Å². The van der Waals surface area contributed by atoms with Crippen molar-refractivity contribution in [2.45, 2.75) is 94.1 Å². The zero-order chi connectivity index (χ0) is 50.9. The summed E-state index contributed by atoms with van der Waals surface area (Å²) in [6, 6.07) is 9.11. The van der Waals surface area contributed by atoms with Crippen LogP contribution in [0.5, 0.6) is 0 Å². The Balaban J connectivity index is 0.775. The maximum absolute atomic E-state index is 15.0. The number of amides is 8. The number of imide groups is 2. The van der Waals surface area contributed by atoms with Crippen molar-refractivity contribution in [3.05, 3.63) is 70.4 Å². The van der Waals surface area contributed by atoms with Crippen molar-refractivity contribution in [3.63, 3.8) is 0 Å². The number of carbonyl (C=O) groups is 8. The number of nitrogens with zero attached hydrogens (tertiary/aromatic N) is 3. The molecule has 0 spiro atoms. The lowest BCUT2D eigenvalue weighted by Gasteiger charge is -2.37. The van der Waals surface area contributed by atoms with Gasteiger partial charge in [-0.3, -0.25) is 48.6 Å². The number of aliphatic hydroxyl groups is 1. The number of rotatable bonds is 25. The zero-order valence-electron chi connectivity index (χ0n) is 39.7. The fourth-order valence-electron chi connectivity index (χ4n) is 8.43. The highest BCUT2D eigenvalue weighted by molar-refractivity contribution is 8.00. The summed E-state index contributed by atoms with van der Waals surface area (Å²) in [5.41, 5.74) is 3.14. The molecule has 0 bridgehead atoms. The van der Waals surface area contributed by atoms with Crippen molar-refractivity contribution in [2.24, 2.45) is 0 Å². The van der Waals surface area contributed by atoms with Crippen molar-refractivity contribution >= 4 is 76.0 Å². The van der Waals surface area contributed by atoms with E-state index in [-0.39, 0.29) is 115 Å². The number of carbonyl (C=O) groups excluding carboxylic acids is 8. The number of aromatic nitrogens is 1. The zero-order valence-corrected chi connectivity index (χ0v) is 41.3. The van der Waals surface area contributed by atoms with E-state index >= 15 is 0 Å². The molecule has 4 heterocycles. The van der Waals surface area contributed by atoms with Crippen LogP contribution >= 0.6 is 23.1 Å². The number of benzene rings is 2. The van der Waals surface area contributed by atoms with Crippen molar-refractivity contribution in [2.75, 3.05) is 70.3 Å². The molecule has 4 unspecified atom stereocenters. The summed E-state index contributed by atoms with van der Waals surface area (Å²) >= 11 is 2.87. The molecule has 382 valence electrons. The first-order valence-corrected chi connectivity index (χ1v) is 25.3. The number of anilines is 1. The van der Waals surface area contributed by atoms with Gasteiger partial charge in [0.25, 0.3) is 17.7 Å². The number of fused-ring (bicyclic) bond motifs is 1. The van der Waals surface area contributed by atoms with Gasteiger partial charge in [0.2, 0.25) is 29.5 Å². The van der Waals surface area contributed by atoms with Gasteiger partial charge in [0.15, 0.2) is 5.67 Å². The van der Waals surface area contributed by atoms with E-state index < -0.39 is 76.0 Å². The Morgan fingerprint density at radius 1 is 0.972 bits per heavy atom. The second-order valence-corrected chi connectivity index (χ2v) is 20.7. The van der Waals surface area contributed by atoms with Crippen LogP contribution in [0, 0.1) is 6.92 Å². The first-order valence-electron chi connectivity index (χ1n) is 23.5. The van der Waals surface area contributed by atoms with Crippen molar-refractivity contribution in [1.29, 1.82) is 0 Å². The number of ether oxygens (including phenoxy) is 3. The van der Waals surface area contributed by atoms with Gasteiger partial charge in [0.05, 0.1) is 66.3 Å². The highest BCUT2D eigenvalue weighted by Gasteiger charge is 2.54. The van der Waals surface area contributed by atoms with Crippen LogP contribution in [0.4, 0.5) is 10.1 Å². The summed E-state index contributed by atoms with van der Waals surface area (Å²) in [6.07, 6.45) is -0.808. The molecule has 2 aromatic carbocycles. The van der Waals surface area contributed by atoms with Crippen LogP contribution in [-0.2, 0) is 49.5 Å². The van der Waals surface area contributed by atoms with Crippen LogP contribution in [0.1, 0.15) is 77.9 Å². The highest BCUT2D eigenvalue weighted by Crippen LogP contribution is 2.41. The molecule has 4 aliphatic rings. The van der Waals surface area contributed by atoms with Crippen LogP contribution in [-0.4, -0.2) is 167 Å². The SMILES string of the molecule is Cc1ncsc1-c1ccc(CNC(=O)C2CC(O)CN2C(=O)C(NC(=O)C2(F)CC2)C(C)(C)SCCOCCOCCOCC(=O)NCCNc2cccc3c2C(=O)N(C2CCC(=O)NC2=O)C3=O)cc1. The highest BCUT2D eigenvalue weighted by atomic mass is 32.2. The number of β-amino-alcohol motifs (C(OH)–C–C–N with tert-alkyl or cyclic N) is 1. The standard InChI is InChI=1S/C48H59FN8O12S2/c1-28-39(70-27-53-28)30-9-7-29(8-10-30)24-52-41(61)35-23-31(58)25-56(35)45(65)40(55-46(66)48(49)13-14-48)47(2,3)71-22-21-68-18-17-67-19-20-69-26-37(60)51-16-15-50-33-6-4-5-32-38(33)44(64)57(43(32)63)34-11-12-36(59)54-42(34)62/h4-10,27,31,34-35,40,50,58H,11-26H2,1-3H3,(H,51,60)(H,52,61)(H,55,66)(H,54,59,62). The van der Waals surface area contributed by atoms with Crippen LogP contribution in [0.3, 0.4) is 0 Å². The van der Waals surface area contributed by atoms with Gasteiger partial charge in [-0.05, 0) is 63.3 Å². The van der Waals surface area contributed by atoms with Crippen molar-refractivity contribution < 1.29 is 62.1 Å². The monoisotopic (exact) mass is 1020 g/mol. The lowest BCUT2D eigenvalue weighted by molar-refractivity contribution is -0.143. The molecular formula is C48H59FN8O12S2. The number of hydrogen-bond donors (Lipinski definition) is 6. The second kappa shape index (κ2) is 23.6. The molecule has 6 N–H and O–H groups in total. The molecule has 1 aromatic heterocycles. The second-order valence-electron chi connectivity index (χ2n) is 18.1. The molecule has 23 heteroatoms.